The van der Waals surface area contributed by atoms with E-state index >= 15 is 0 Å². The average molecular weight is 450 g/mol. The summed E-state index contributed by atoms with van der Waals surface area (Å²) in [5, 5.41) is 10.5. The van der Waals surface area contributed by atoms with Gasteiger partial charge in [0.05, 0.1) is 23.2 Å². The van der Waals surface area contributed by atoms with Crippen LogP contribution >= 0.6 is 11.6 Å². The fourth-order valence-electron chi connectivity index (χ4n) is 3.81. The van der Waals surface area contributed by atoms with Crippen LogP contribution in [-0.2, 0) is 9.53 Å². The van der Waals surface area contributed by atoms with Gasteiger partial charge in [-0.2, -0.15) is 5.26 Å². The Hall–Kier alpha value is -3.37. The highest BCUT2D eigenvalue weighted by molar-refractivity contribution is 6.30. The Morgan fingerprint density at radius 1 is 1.03 bits per heavy atom. The average Bonchev–Trinajstić information content (AvgIpc) is 2.79. The van der Waals surface area contributed by atoms with Crippen molar-refractivity contribution in [3.63, 3.8) is 0 Å². The van der Waals surface area contributed by atoms with Gasteiger partial charge in [-0.1, -0.05) is 29.8 Å². The van der Waals surface area contributed by atoms with E-state index in [1.54, 1.807) is 13.8 Å². The van der Waals surface area contributed by atoms with Gasteiger partial charge in [-0.05, 0) is 44.2 Å². The number of esters is 1. The molecule has 1 aliphatic heterocycles. The summed E-state index contributed by atoms with van der Waals surface area (Å²) in [7, 11) is 0. The first kappa shape index (κ1) is 21.8. The molecule has 1 aliphatic rings. The molecule has 1 atom stereocenters. The van der Waals surface area contributed by atoms with Crippen molar-refractivity contribution in [2.75, 3.05) is 36.0 Å². The molecule has 0 amide bonds. The minimum Gasteiger partial charge on any atom is -0.462 e. The van der Waals surface area contributed by atoms with Gasteiger partial charge in [0.25, 0.3) is 0 Å². The van der Waals surface area contributed by atoms with Crippen LogP contribution in [0.15, 0.2) is 48.5 Å². The number of hydrogen-bond acceptors (Lipinski definition) is 7. The highest BCUT2D eigenvalue weighted by Crippen LogP contribution is 2.30. The monoisotopic (exact) mass is 449 g/mol. The van der Waals surface area contributed by atoms with E-state index in [2.05, 4.69) is 20.9 Å². The van der Waals surface area contributed by atoms with E-state index in [1.165, 1.54) is 0 Å². The molecule has 7 nitrogen and oxygen atoms in total. The van der Waals surface area contributed by atoms with Crippen molar-refractivity contribution in [3.8, 4) is 6.07 Å². The molecule has 0 spiro atoms. The Labute approximate surface area is 192 Å². The zero-order valence-electron chi connectivity index (χ0n) is 18.0. The molecule has 0 saturated carbocycles. The number of aromatic nitrogens is 2. The highest BCUT2D eigenvalue weighted by Gasteiger charge is 2.31. The molecule has 0 N–H and O–H groups in total. The normalized spacial score (nSPS) is 15.0. The number of carbonyl (C=O) groups is 1. The van der Waals surface area contributed by atoms with Gasteiger partial charge in [-0.3, -0.25) is 4.79 Å². The third-order valence-electron chi connectivity index (χ3n) is 5.32. The van der Waals surface area contributed by atoms with Crippen LogP contribution in [0.25, 0.3) is 11.0 Å². The third kappa shape index (κ3) is 4.61. The van der Waals surface area contributed by atoms with Gasteiger partial charge in [0.2, 0.25) is 0 Å². The van der Waals surface area contributed by atoms with E-state index in [-0.39, 0.29) is 6.10 Å². The second-order valence-corrected chi connectivity index (χ2v) is 8.36. The molecule has 8 heteroatoms. The second kappa shape index (κ2) is 9.41. The number of rotatable bonds is 5. The Morgan fingerprint density at radius 3 is 2.31 bits per heavy atom. The summed E-state index contributed by atoms with van der Waals surface area (Å²) in [6.45, 7) is 6.36. The van der Waals surface area contributed by atoms with Crippen molar-refractivity contribution < 1.29 is 9.53 Å². The molecular weight excluding hydrogens is 426 g/mol. The summed E-state index contributed by atoms with van der Waals surface area (Å²) in [5.74, 6) is -1.19. The van der Waals surface area contributed by atoms with Gasteiger partial charge >= 0.3 is 5.97 Å². The largest absolute Gasteiger partial charge is 0.462 e. The third-order valence-corrected chi connectivity index (χ3v) is 5.56. The van der Waals surface area contributed by atoms with Gasteiger partial charge in [0.15, 0.2) is 11.7 Å². The lowest BCUT2D eigenvalue weighted by molar-refractivity contribution is -0.147. The lowest BCUT2D eigenvalue weighted by atomic mass is 10.1. The zero-order valence-corrected chi connectivity index (χ0v) is 18.8. The maximum atomic E-state index is 12.7. The Morgan fingerprint density at radius 2 is 1.69 bits per heavy atom. The Balaban J connectivity index is 1.66. The van der Waals surface area contributed by atoms with Crippen molar-refractivity contribution in [3.05, 3.63) is 59.2 Å². The molecule has 0 radical (unpaired) electrons. The predicted octanol–water partition coefficient (Wildman–Crippen LogP) is 4.17. The molecule has 1 fully saturated rings. The molecule has 3 aromatic rings. The van der Waals surface area contributed by atoms with E-state index < -0.39 is 11.9 Å². The van der Waals surface area contributed by atoms with Crippen molar-refractivity contribution in [1.82, 2.24) is 9.97 Å². The first-order chi connectivity index (χ1) is 15.5. The number of carbonyl (C=O) groups excluding carboxylic acids is 1. The maximum Gasteiger partial charge on any atom is 0.329 e. The summed E-state index contributed by atoms with van der Waals surface area (Å²) >= 11 is 6.15. The van der Waals surface area contributed by atoms with Crippen LogP contribution in [0.2, 0.25) is 5.02 Å². The lowest BCUT2D eigenvalue weighted by Gasteiger charge is -2.37. The standard InChI is InChI=1S/C24H24ClN5O2/c1-16(2)32-24(31)19(15-26)22-23(28-21-9-4-3-8-20(21)27-22)30-12-10-29(11-13-30)18-7-5-6-17(25)14-18/h3-9,14,16,19H,10-13H2,1-2H3/t19-/m1/s1. The minimum absolute atomic E-state index is 0.323. The minimum atomic E-state index is -1.14. The molecule has 164 valence electrons. The molecular formula is C24H24ClN5O2. The van der Waals surface area contributed by atoms with Crippen LogP contribution in [0.4, 0.5) is 11.5 Å². The van der Waals surface area contributed by atoms with Crippen molar-refractivity contribution in [2.24, 2.45) is 0 Å². The van der Waals surface area contributed by atoms with E-state index in [1.807, 2.05) is 48.5 Å². The number of ether oxygens (including phenoxy) is 1. The molecule has 0 unspecified atom stereocenters. The highest BCUT2D eigenvalue weighted by atomic mass is 35.5. The lowest BCUT2D eigenvalue weighted by Crippen LogP contribution is -2.47. The number of halogens is 1. The van der Waals surface area contributed by atoms with E-state index in [4.69, 9.17) is 21.3 Å². The SMILES string of the molecule is CC(C)OC(=O)[C@H](C#N)c1nc2ccccc2nc1N1CCN(c2cccc(Cl)c2)CC1. The topological polar surface area (TPSA) is 82.3 Å². The number of piperazine rings is 1. The van der Waals surface area contributed by atoms with Crippen LogP contribution in [0.3, 0.4) is 0 Å². The van der Waals surface area contributed by atoms with Crippen molar-refractivity contribution in [1.29, 1.82) is 5.26 Å². The van der Waals surface area contributed by atoms with Crippen LogP contribution in [-0.4, -0.2) is 48.2 Å². The first-order valence-corrected chi connectivity index (χ1v) is 11.0. The zero-order chi connectivity index (χ0) is 22.7. The van der Waals surface area contributed by atoms with Gasteiger partial charge in [-0.15, -0.1) is 0 Å². The number of nitrogens with zero attached hydrogens (tertiary/aromatic N) is 5. The Kier molecular flexibility index (Phi) is 6.42. The molecule has 4 rings (SSSR count). The smallest absolute Gasteiger partial charge is 0.329 e. The molecule has 1 aromatic heterocycles. The predicted molar refractivity (Wildman–Crippen MR) is 125 cm³/mol. The summed E-state index contributed by atoms with van der Waals surface area (Å²) < 4.78 is 5.33. The molecule has 1 saturated heterocycles. The second-order valence-electron chi connectivity index (χ2n) is 7.92. The van der Waals surface area contributed by atoms with E-state index in [9.17, 15) is 10.1 Å². The maximum absolute atomic E-state index is 12.7. The fourth-order valence-corrected chi connectivity index (χ4v) is 3.99. The van der Waals surface area contributed by atoms with E-state index in [0.29, 0.717) is 35.1 Å². The number of anilines is 2. The van der Waals surface area contributed by atoms with Crippen molar-refractivity contribution >= 4 is 40.1 Å². The van der Waals surface area contributed by atoms with Crippen LogP contribution in [0.5, 0.6) is 0 Å². The number of benzene rings is 2. The van der Waals surface area contributed by atoms with E-state index in [0.717, 1.165) is 24.3 Å². The Bertz CT molecular complexity index is 1170. The number of nitriles is 1. The van der Waals surface area contributed by atoms with Gasteiger partial charge in [0.1, 0.15) is 5.69 Å². The van der Waals surface area contributed by atoms with Crippen molar-refractivity contribution in [2.45, 2.75) is 25.9 Å². The van der Waals surface area contributed by atoms with Gasteiger partial charge < -0.3 is 14.5 Å². The fraction of sp³-hybridized carbons (Fsp3) is 0.333. The number of hydrogen-bond donors (Lipinski definition) is 0. The van der Waals surface area contributed by atoms with Crippen LogP contribution < -0.4 is 9.80 Å². The molecule has 2 aromatic carbocycles. The summed E-state index contributed by atoms with van der Waals surface area (Å²) in [5.41, 5.74) is 2.77. The van der Waals surface area contributed by atoms with Gasteiger partial charge in [0, 0.05) is 36.9 Å². The molecule has 2 heterocycles. The van der Waals surface area contributed by atoms with Crippen LogP contribution in [0, 0.1) is 11.3 Å². The number of fused-ring (bicyclic) bond motifs is 1. The summed E-state index contributed by atoms with van der Waals surface area (Å²) in [4.78, 5) is 26.5. The summed E-state index contributed by atoms with van der Waals surface area (Å²) in [6, 6.07) is 17.3. The van der Waals surface area contributed by atoms with Crippen LogP contribution in [0.1, 0.15) is 25.5 Å². The molecule has 0 bridgehead atoms. The quantitative estimate of drug-likeness (QED) is 0.540. The number of para-hydroxylation sites is 2. The molecule has 32 heavy (non-hydrogen) atoms. The first-order valence-electron chi connectivity index (χ1n) is 10.6. The molecule has 0 aliphatic carbocycles. The summed E-state index contributed by atoms with van der Waals surface area (Å²) in [6.07, 6.45) is -0.323. The van der Waals surface area contributed by atoms with Gasteiger partial charge in [-0.25, -0.2) is 9.97 Å².